The lowest BCUT2D eigenvalue weighted by Crippen LogP contribution is -2.38. The Bertz CT molecular complexity index is 979. The summed E-state index contributed by atoms with van der Waals surface area (Å²) in [6.45, 7) is -0.121. The average Bonchev–Trinajstić information content (AvgIpc) is 3.31. The Morgan fingerprint density at radius 2 is 1.93 bits per heavy atom. The van der Waals surface area contributed by atoms with Gasteiger partial charge in [-0.05, 0) is 24.1 Å². The summed E-state index contributed by atoms with van der Waals surface area (Å²) >= 11 is 1.04. The predicted octanol–water partition coefficient (Wildman–Crippen LogP) is 3.91. The molecule has 5 nitrogen and oxygen atoms in total. The fourth-order valence-electron chi connectivity index (χ4n) is 3.65. The Labute approximate surface area is 172 Å². The fourth-order valence-corrected chi connectivity index (χ4v) is 4.47. The van der Waals surface area contributed by atoms with Gasteiger partial charge in [0.1, 0.15) is 0 Å². The Morgan fingerprint density at radius 1 is 1.17 bits per heavy atom. The lowest BCUT2D eigenvalue weighted by molar-refractivity contribution is -0.119. The zero-order valence-corrected chi connectivity index (χ0v) is 16.6. The van der Waals surface area contributed by atoms with E-state index in [1.54, 1.807) is 24.3 Å². The van der Waals surface area contributed by atoms with Gasteiger partial charge in [0.25, 0.3) is 0 Å². The number of thioether (sulfide) groups is 1. The smallest absolute Gasteiger partial charge is 0.321 e. The van der Waals surface area contributed by atoms with E-state index in [0.717, 1.165) is 42.4 Å². The van der Waals surface area contributed by atoms with Crippen LogP contribution in [0.5, 0.6) is 0 Å². The van der Waals surface area contributed by atoms with Crippen molar-refractivity contribution >= 4 is 28.7 Å². The number of aromatic nitrogens is 2. The average molecular weight is 416 g/mol. The van der Waals surface area contributed by atoms with E-state index in [-0.39, 0.29) is 22.9 Å². The van der Waals surface area contributed by atoms with E-state index in [2.05, 4.69) is 27.3 Å². The third-order valence-corrected chi connectivity index (χ3v) is 5.93. The zero-order chi connectivity index (χ0) is 20.2. The first-order valence-electron chi connectivity index (χ1n) is 9.53. The topological polar surface area (TPSA) is 50.2 Å². The van der Waals surface area contributed by atoms with Crippen molar-refractivity contribution in [3.8, 4) is 0 Å². The molecule has 0 aliphatic carbocycles. The van der Waals surface area contributed by atoms with Crippen LogP contribution in [0.4, 0.5) is 8.78 Å². The largest absolute Gasteiger partial charge is 0.351 e. The monoisotopic (exact) mass is 416 g/mol. The highest BCUT2D eigenvalue weighted by Crippen LogP contribution is 2.29. The van der Waals surface area contributed by atoms with Crippen LogP contribution in [0.25, 0.3) is 11.0 Å². The van der Waals surface area contributed by atoms with Crippen LogP contribution in [0.2, 0.25) is 0 Å². The van der Waals surface area contributed by atoms with Gasteiger partial charge in [-0.3, -0.25) is 14.3 Å². The molecule has 1 unspecified atom stereocenters. The van der Waals surface area contributed by atoms with Gasteiger partial charge >= 0.3 is 6.55 Å². The Kier molecular flexibility index (Phi) is 6.10. The van der Waals surface area contributed by atoms with E-state index >= 15 is 0 Å². The Morgan fingerprint density at radius 3 is 2.72 bits per heavy atom. The number of rotatable bonds is 7. The van der Waals surface area contributed by atoms with E-state index < -0.39 is 6.55 Å². The molecular formula is C21H22F2N4OS. The van der Waals surface area contributed by atoms with E-state index in [4.69, 9.17) is 0 Å². The number of halogens is 2. The molecule has 3 aromatic rings. The Hall–Kier alpha value is -2.45. The zero-order valence-electron chi connectivity index (χ0n) is 15.8. The first-order chi connectivity index (χ1) is 14.1. The van der Waals surface area contributed by atoms with Crippen LogP contribution >= 0.6 is 11.8 Å². The van der Waals surface area contributed by atoms with Gasteiger partial charge in [0.15, 0.2) is 5.16 Å². The summed E-state index contributed by atoms with van der Waals surface area (Å²) in [6, 6.07) is 17.1. The molecule has 4 rings (SSSR count). The second kappa shape index (κ2) is 8.92. The number of fused-ring (bicyclic) bond motifs is 1. The molecule has 0 spiro atoms. The maximum absolute atomic E-state index is 13.5. The van der Waals surface area contributed by atoms with Gasteiger partial charge in [-0.25, -0.2) is 4.98 Å². The van der Waals surface area contributed by atoms with Crippen LogP contribution in [-0.4, -0.2) is 45.2 Å². The van der Waals surface area contributed by atoms with Crippen molar-refractivity contribution < 1.29 is 13.6 Å². The van der Waals surface area contributed by atoms with Crippen LogP contribution in [0.1, 0.15) is 18.5 Å². The molecule has 1 aromatic heterocycles. The van der Waals surface area contributed by atoms with Crippen molar-refractivity contribution in [2.45, 2.75) is 30.7 Å². The number of likely N-dealkylation sites (tertiary alicyclic amines) is 1. The lowest BCUT2D eigenvalue weighted by atomic mass is 10.2. The van der Waals surface area contributed by atoms with Crippen molar-refractivity contribution in [3.05, 3.63) is 60.2 Å². The molecule has 2 heterocycles. The van der Waals surface area contributed by atoms with Crippen molar-refractivity contribution in [1.82, 2.24) is 19.8 Å². The highest BCUT2D eigenvalue weighted by Gasteiger charge is 2.24. The van der Waals surface area contributed by atoms with Gasteiger partial charge in [0, 0.05) is 25.7 Å². The number of nitrogens with one attached hydrogen (secondary N) is 1. The molecule has 1 atom stereocenters. The van der Waals surface area contributed by atoms with Gasteiger partial charge < -0.3 is 5.32 Å². The number of carbonyl (C=O) groups is 1. The number of hydrogen-bond acceptors (Lipinski definition) is 4. The lowest BCUT2D eigenvalue weighted by Gasteiger charge is -2.16. The number of alkyl halides is 2. The van der Waals surface area contributed by atoms with E-state index in [0.29, 0.717) is 11.0 Å². The van der Waals surface area contributed by atoms with E-state index in [9.17, 15) is 13.6 Å². The van der Waals surface area contributed by atoms with Gasteiger partial charge in [-0.1, -0.05) is 54.2 Å². The standard InChI is InChI=1S/C21H22F2N4OS/c22-20(23)27-18-9-5-4-8-17(18)25-21(27)29-14-19(28)24-16-10-11-26(13-16)12-15-6-2-1-3-7-15/h1-9,16,20H,10-14H2,(H,24,28). The molecule has 1 N–H and O–H groups in total. The summed E-state index contributed by atoms with van der Waals surface area (Å²) in [5.74, 6) is -0.0972. The van der Waals surface area contributed by atoms with Crippen LogP contribution in [0.3, 0.4) is 0 Å². The maximum atomic E-state index is 13.5. The molecule has 1 amide bonds. The minimum atomic E-state index is -2.70. The molecule has 1 aliphatic heterocycles. The minimum absolute atomic E-state index is 0.0607. The minimum Gasteiger partial charge on any atom is -0.351 e. The number of benzene rings is 2. The van der Waals surface area contributed by atoms with Crippen LogP contribution in [0, 0.1) is 0 Å². The number of imidazole rings is 1. The molecular weight excluding hydrogens is 394 g/mol. The molecule has 152 valence electrons. The quantitative estimate of drug-likeness (QED) is 0.594. The summed E-state index contributed by atoms with van der Waals surface area (Å²) in [6.07, 6.45) is 0.888. The number of hydrogen-bond donors (Lipinski definition) is 1. The van der Waals surface area contributed by atoms with Crippen molar-refractivity contribution in [1.29, 1.82) is 0 Å². The molecule has 2 aromatic carbocycles. The number of para-hydroxylation sites is 2. The molecule has 8 heteroatoms. The van der Waals surface area contributed by atoms with E-state index in [1.165, 1.54) is 5.56 Å². The third kappa shape index (κ3) is 4.76. The molecule has 1 saturated heterocycles. The second-order valence-corrected chi connectivity index (χ2v) is 8.04. The van der Waals surface area contributed by atoms with Crippen molar-refractivity contribution in [2.75, 3.05) is 18.8 Å². The normalized spacial score (nSPS) is 17.3. The maximum Gasteiger partial charge on any atom is 0.321 e. The first-order valence-corrected chi connectivity index (χ1v) is 10.5. The number of amides is 1. The predicted molar refractivity (Wildman–Crippen MR) is 110 cm³/mol. The van der Waals surface area contributed by atoms with Gasteiger partial charge in [-0.15, -0.1) is 0 Å². The van der Waals surface area contributed by atoms with Gasteiger partial charge in [0.05, 0.1) is 16.8 Å². The number of nitrogens with zero attached hydrogens (tertiary/aromatic N) is 3. The first kappa shape index (κ1) is 19.8. The summed E-state index contributed by atoms with van der Waals surface area (Å²) in [5.41, 5.74) is 2.13. The molecule has 0 radical (unpaired) electrons. The van der Waals surface area contributed by atoms with Crippen LogP contribution < -0.4 is 5.32 Å². The highest BCUT2D eigenvalue weighted by molar-refractivity contribution is 7.99. The van der Waals surface area contributed by atoms with Crippen LogP contribution in [0.15, 0.2) is 59.8 Å². The summed E-state index contributed by atoms with van der Waals surface area (Å²) in [5, 5.41) is 3.18. The summed E-state index contributed by atoms with van der Waals surface area (Å²) < 4.78 is 27.8. The van der Waals surface area contributed by atoms with Gasteiger partial charge in [0.2, 0.25) is 5.91 Å². The van der Waals surface area contributed by atoms with Gasteiger partial charge in [-0.2, -0.15) is 8.78 Å². The number of carbonyl (C=O) groups excluding carboxylic acids is 1. The second-order valence-electron chi connectivity index (χ2n) is 7.09. The van der Waals surface area contributed by atoms with Crippen LogP contribution in [-0.2, 0) is 11.3 Å². The fraction of sp³-hybridized carbons (Fsp3) is 0.333. The van der Waals surface area contributed by atoms with Crippen molar-refractivity contribution in [3.63, 3.8) is 0 Å². The SMILES string of the molecule is O=C(CSc1nc2ccccc2n1C(F)F)NC1CCN(Cc2ccccc2)C1. The summed E-state index contributed by atoms with van der Waals surface area (Å²) in [4.78, 5) is 18.9. The molecule has 0 saturated carbocycles. The highest BCUT2D eigenvalue weighted by atomic mass is 32.2. The van der Waals surface area contributed by atoms with Crippen molar-refractivity contribution in [2.24, 2.45) is 0 Å². The molecule has 0 bridgehead atoms. The summed E-state index contributed by atoms with van der Waals surface area (Å²) in [7, 11) is 0. The molecule has 29 heavy (non-hydrogen) atoms. The van der Waals surface area contributed by atoms with E-state index in [1.807, 2.05) is 18.2 Å². The Balaban J connectivity index is 1.31. The molecule has 1 aliphatic rings. The molecule has 1 fully saturated rings. The third-order valence-electron chi connectivity index (χ3n) is 4.98.